The van der Waals surface area contributed by atoms with Gasteiger partial charge in [-0.05, 0) is 75.0 Å². The summed E-state index contributed by atoms with van der Waals surface area (Å²) in [5.74, 6) is 1.62. The SMILES string of the molecule is COc1cccc(C(CNC(=O)c2cccnc2N2CCCCC2)N2CCCC2)c1. The average Bonchev–Trinajstić information content (AvgIpc) is 3.34. The second-order valence-electron chi connectivity index (χ2n) is 8.17. The zero-order valence-corrected chi connectivity index (χ0v) is 17.8. The lowest BCUT2D eigenvalue weighted by Crippen LogP contribution is -2.38. The monoisotopic (exact) mass is 408 g/mol. The van der Waals surface area contributed by atoms with Gasteiger partial charge in [0.15, 0.2) is 0 Å². The molecule has 1 unspecified atom stereocenters. The lowest BCUT2D eigenvalue weighted by molar-refractivity contribution is 0.0938. The van der Waals surface area contributed by atoms with Crippen molar-refractivity contribution in [1.29, 1.82) is 0 Å². The minimum absolute atomic E-state index is 0.0456. The third-order valence-corrected chi connectivity index (χ3v) is 6.20. The van der Waals surface area contributed by atoms with Gasteiger partial charge in [0.25, 0.3) is 5.91 Å². The number of anilines is 1. The van der Waals surface area contributed by atoms with Crippen molar-refractivity contribution >= 4 is 11.7 Å². The number of nitrogens with one attached hydrogen (secondary N) is 1. The van der Waals surface area contributed by atoms with Gasteiger partial charge in [0.05, 0.1) is 18.7 Å². The highest BCUT2D eigenvalue weighted by molar-refractivity contribution is 5.98. The summed E-state index contributed by atoms with van der Waals surface area (Å²) in [7, 11) is 1.69. The number of nitrogens with zero attached hydrogens (tertiary/aromatic N) is 3. The normalized spacial score (nSPS) is 18.2. The molecule has 0 aliphatic carbocycles. The molecule has 30 heavy (non-hydrogen) atoms. The first-order valence-corrected chi connectivity index (χ1v) is 11.1. The predicted octanol–water partition coefficient (Wildman–Crippen LogP) is 3.65. The molecule has 2 saturated heterocycles. The first-order chi connectivity index (χ1) is 14.8. The first-order valence-electron chi connectivity index (χ1n) is 11.1. The molecule has 2 aromatic rings. The molecular weight excluding hydrogens is 376 g/mol. The van der Waals surface area contributed by atoms with Crippen LogP contribution in [-0.4, -0.2) is 55.6 Å². The van der Waals surface area contributed by atoms with E-state index in [1.165, 1.54) is 24.8 Å². The van der Waals surface area contributed by atoms with Gasteiger partial charge in [-0.15, -0.1) is 0 Å². The molecule has 160 valence electrons. The van der Waals surface area contributed by atoms with E-state index in [0.29, 0.717) is 12.1 Å². The second kappa shape index (κ2) is 9.94. The Morgan fingerprint density at radius 1 is 1.07 bits per heavy atom. The maximum atomic E-state index is 13.2. The number of benzene rings is 1. The number of aromatic nitrogens is 1. The molecule has 0 saturated carbocycles. The van der Waals surface area contributed by atoms with Gasteiger partial charge in [0.2, 0.25) is 0 Å². The van der Waals surface area contributed by atoms with E-state index in [4.69, 9.17) is 4.74 Å². The van der Waals surface area contributed by atoms with E-state index < -0.39 is 0 Å². The van der Waals surface area contributed by atoms with E-state index in [1.807, 2.05) is 24.3 Å². The van der Waals surface area contributed by atoms with Crippen LogP contribution in [0.2, 0.25) is 0 Å². The number of likely N-dealkylation sites (tertiary alicyclic amines) is 1. The van der Waals surface area contributed by atoms with Crippen molar-refractivity contribution in [3.8, 4) is 5.75 Å². The summed E-state index contributed by atoms with van der Waals surface area (Å²) < 4.78 is 5.43. The highest BCUT2D eigenvalue weighted by Crippen LogP contribution is 2.28. The highest BCUT2D eigenvalue weighted by Gasteiger charge is 2.26. The van der Waals surface area contributed by atoms with Crippen LogP contribution in [-0.2, 0) is 0 Å². The molecule has 2 aliphatic heterocycles. The Bertz CT molecular complexity index is 845. The minimum Gasteiger partial charge on any atom is -0.497 e. The fourth-order valence-electron chi connectivity index (χ4n) is 4.58. The molecule has 2 fully saturated rings. The predicted molar refractivity (Wildman–Crippen MR) is 119 cm³/mol. The fraction of sp³-hybridized carbons (Fsp3) is 0.500. The highest BCUT2D eigenvalue weighted by atomic mass is 16.5. The number of carbonyl (C=O) groups is 1. The Morgan fingerprint density at radius 3 is 2.60 bits per heavy atom. The Morgan fingerprint density at radius 2 is 1.83 bits per heavy atom. The molecule has 0 bridgehead atoms. The van der Waals surface area contributed by atoms with E-state index >= 15 is 0 Å². The molecule has 0 spiro atoms. The third kappa shape index (κ3) is 4.75. The lowest BCUT2D eigenvalue weighted by Gasteiger charge is -2.30. The summed E-state index contributed by atoms with van der Waals surface area (Å²) in [6.45, 7) is 4.63. The molecular formula is C24H32N4O2. The summed E-state index contributed by atoms with van der Waals surface area (Å²) >= 11 is 0. The van der Waals surface area contributed by atoms with Crippen LogP contribution in [0.5, 0.6) is 5.75 Å². The van der Waals surface area contributed by atoms with Crippen molar-refractivity contribution in [2.75, 3.05) is 44.7 Å². The van der Waals surface area contributed by atoms with E-state index in [2.05, 4.69) is 32.2 Å². The summed E-state index contributed by atoms with van der Waals surface area (Å²) in [5, 5.41) is 3.20. The van der Waals surface area contributed by atoms with Gasteiger partial charge >= 0.3 is 0 Å². The molecule has 3 heterocycles. The molecule has 1 N–H and O–H groups in total. The first kappa shape index (κ1) is 20.7. The van der Waals surface area contributed by atoms with Gasteiger partial charge in [-0.1, -0.05) is 12.1 Å². The van der Waals surface area contributed by atoms with Crippen LogP contribution in [0.3, 0.4) is 0 Å². The Hall–Kier alpha value is -2.60. The molecule has 1 atom stereocenters. The Labute approximate surface area is 179 Å². The van der Waals surface area contributed by atoms with Gasteiger partial charge in [-0.2, -0.15) is 0 Å². The zero-order valence-electron chi connectivity index (χ0n) is 17.8. The number of rotatable bonds is 7. The number of ether oxygens (including phenoxy) is 1. The number of pyridine rings is 1. The zero-order chi connectivity index (χ0) is 20.8. The smallest absolute Gasteiger partial charge is 0.255 e. The number of amides is 1. The van der Waals surface area contributed by atoms with Gasteiger partial charge in [-0.25, -0.2) is 4.98 Å². The standard InChI is InChI=1S/C24H32N4O2/c1-30-20-10-7-9-19(17-20)22(27-13-5-6-14-27)18-26-24(29)21-11-8-12-25-23(21)28-15-3-2-4-16-28/h7-12,17,22H,2-6,13-16,18H2,1H3,(H,26,29). The van der Waals surface area contributed by atoms with Crippen molar-refractivity contribution in [2.24, 2.45) is 0 Å². The van der Waals surface area contributed by atoms with Crippen LogP contribution in [0.15, 0.2) is 42.6 Å². The molecule has 4 rings (SSSR count). The van der Waals surface area contributed by atoms with E-state index in [9.17, 15) is 4.79 Å². The average molecular weight is 409 g/mol. The number of carbonyl (C=O) groups excluding carboxylic acids is 1. The van der Waals surface area contributed by atoms with Crippen LogP contribution in [0, 0.1) is 0 Å². The minimum atomic E-state index is -0.0456. The number of piperidine rings is 1. The largest absolute Gasteiger partial charge is 0.497 e. The number of hydrogen-bond donors (Lipinski definition) is 1. The van der Waals surface area contributed by atoms with Crippen LogP contribution >= 0.6 is 0 Å². The van der Waals surface area contributed by atoms with Crippen molar-refractivity contribution in [2.45, 2.75) is 38.1 Å². The molecule has 0 radical (unpaired) electrons. The van der Waals surface area contributed by atoms with E-state index in [0.717, 1.165) is 50.6 Å². The lowest BCUT2D eigenvalue weighted by atomic mass is 10.0. The number of hydrogen-bond acceptors (Lipinski definition) is 5. The number of methoxy groups -OCH3 is 1. The van der Waals surface area contributed by atoms with Gasteiger partial charge in [0.1, 0.15) is 11.6 Å². The maximum absolute atomic E-state index is 13.2. The van der Waals surface area contributed by atoms with Gasteiger partial charge in [-0.3, -0.25) is 9.69 Å². The summed E-state index contributed by atoms with van der Waals surface area (Å²) in [5.41, 5.74) is 1.85. The molecule has 1 aromatic carbocycles. The summed E-state index contributed by atoms with van der Waals surface area (Å²) in [6, 6.07) is 12.1. The quantitative estimate of drug-likeness (QED) is 0.758. The fourth-order valence-corrected chi connectivity index (χ4v) is 4.58. The van der Waals surface area contributed by atoms with E-state index in [1.54, 1.807) is 13.3 Å². The van der Waals surface area contributed by atoms with Gasteiger partial charge < -0.3 is 15.0 Å². The molecule has 6 heteroatoms. The van der Waals surface area contributed by atoms with Crippen molar-refractivity contribution < 1.29 is 9.53 Å². The Balaban J connectivity index is 1.50. The van der Waals surface area contributed by atoms with Crippen molar-refractivity contribution in [1.82, 2.24) is 15.2 Å². The molecule has 1 aromatic heterocycles. The molecule has 6 nitrogen and oxygen atoms in total. The van der Waals surface area contributed by atoms with Crippen LogP contribution < -0.4 is 15.0 Å². The third-order valence-electron chi connectivity index (χ3n) is 6.20. The topological polar surface area (TPSA) is 57.7 Å². The van der Waals surface area contributed by atoms with Crippen molar-refractivity contribution in [3.63, 3.8) is 0 Å². The summed E-state index contributed by atoms with van der Waals surface area (Å²) in [6.07, 6.45) is 7.76. The Kier molecular flexibility index (Phi) is 6.84. The molecule has 1 amide bonds. The van der Waals surface area contributed by atoms with Gasteiger partial charge in [0, 0.05) is 25.8 Å². The van der Waals surface area contributed by atoms with Crippen LogP contribution in [0.4, 0.5) is 5.82 Å². The van der Waals surface area contributed by atoms with Crippen molar-refractivity contribution in [3.05, 3.63) is 53.7 Å². The van der Waals surface area contributed by atoms with Crippen LogP contribution in [0.1, 0.15) is 54.1 Å². The van der Waals surface area contributed by atoms with Crippen LogP contribution in [0.25, 0.3) is 0 Å². The summed E-state index contributed by atoms with van der Waals surface area (Å²) in [4.78, 5) is 22.4. The maximum Gasteiger partial charge on any atom is 0.255 e. The second-order valence-corrected chi connectivity index (χ2v) is 8.17. The van der Waals surface area contributed by atoms with E-state index in [-0.39, 0.29) is 11.9 Å². The molecule has 2 aliphatic rings.